The molecule has 0 fully saturated rings. The van der Waals surface area contributed by atoms with E-state index in [9.17, 15) is 5.26 Å². The van der Waals surface area contributed by atoms with Crippen LogP contribution in [0, 0.1) is 32.1 Å². The first-order valence-electron chi connectivity index (χ1n) is 7.39. The summed E-state index contributed by atoms with van der Waals surface area (Å²) in [5, 5.41) is 10.0. The lowest BCUT2D eigenvalue weighted by Gasteiger charge is -2.16. The Morgan fingerprint density at radius 3 is 2.50 bits per heavy atom. The molecule has 0 aliphatic rings. The van der Waals surface area contributed by atoms with Gasteiger partial charge in [0.05, 0.1) is 18.2 Å². The molecule has 0 unspecified atom stereocenters. The highest BCUT2D eigenvalue weighted by atomic mass is 16.5. The SMILES string of the molecule is COc1ccc(C)c(-n2c(N)c(C#N)c3c(N)nc(C)nc32)c1C. The van der Waals surface area contributed by atoms with Crippen molar-refractivity contribution in [2.45, 2.75) is 20.8 Å². The molecule has 4 N–H and O–H groups in total. The van der Waals surface area contributed by atoms with Gasteiger partial charge in [-0.25, -0.2) is 9.97 Å². The zero-order chi connectivity index (χ0) is 17.6. The average Bonchev–Trinajstić information content (AvgIpc) is 2.80. The Kier molecular flexibility index (Phi) is 3.53. The highest BCUT2D eigenvalue weighted by Crippen LogP contribution is 2.37. The number of nitrogen functional groups attached to an aromatic ring is 2. The number of ether oxygens (including phenoxy) is 1. The highest BCUT2D eigenvalue weighted by molar-refractivity contribution is 5.98. The highest BCUT2D eigenvalue weighted by Gasteiger charge is 2.23. The van der Waals surface area contributed by atoms with E-state index in [1.54, 1.807) is 18.6 Å². The first-order valence-corrected chi connectivity index (χ1v) is 7.39. The van der Waals surface area contributed by atoms with E-state index in [1.165, 1.54) is 0 Å². The second kappa shape index (κ2) is 5.42. The Morgan fingerprint density at radius 2 is 1.88 bits per heavy atom. The van der Waals surface area contributed by atoms with Gasteiger partial charge in [-0.05, 0) is 32.4 Å². The van der Waals surface area contributed by atoms with Gasteiger partial charge in [0.1, 0.15) is 34.8 Å². The summed E-state index contributed by atoms with van der Waals surface area (Å²) in [6.07, 6.45) is 0. The van der Waals surface area contributed by atoms with Gasteiger partial charge in [0, 0.05) is 5.56 Å². The van der Waals surface area contributed by atoms with E-state index in [0.29, 0.717) is 22.7 Å². The second-order valence-electron chi connectivity index (χ2n) is 5.62. The molecular formula is C17H18N6O. The molecule has 0 saturated carbocycles. The maximum absolute atomic E-state index is 9.53. The third-order valence-corrected chi connectivity index (χ3v) is 4.13. The molecule has 0 aliphatic heterocycles. The Labute approximate surface area is 139 Å². The number of methoxy groups -OCH3 is 1. The van der Waals surface area contributed by atoms with Crippen molar-refractivity contribution in [2.24, 2.45) is 0 Å². The monoisotopic (exact) mass is 322 g/mol. The molecule has 0 aliphatic carbocycles. The molecule has 3 rings (SSSR count). The Bertz CT molecular complexity index is 1010. The van der Waals surface area contributed by atoms with Gasteiger partial charge >= 0.3 is 0 Å². The van der Waals surface area contributed by atoms with Crippen molar-refractivity contribution in [3.05, 3.63) is 34.6 Å². The summed E-state index contributed by atoms with van der Waals surface area (Å²) in [5.41, 5.74) is 15.8. The number of anilines is 2. The molecule has 0 amide bonds. The summed E-state index contributed by atoms with van der Waals surface area (Å²) in [7, 11) is 1.61. The number of hydrogen-bond donors (Lipinski definition) is 2. The van der Waals surface area contributed by atoms with Gasteiger partial charge < -0.3 is 16.2 Å². The minimum atomic E-state index is 0.248. The van der Waals surface area contributed by atoms with Gasteiger partial charge in [-0.2, -0.15) is 5.26 Å². The van der Waals surface area contributed by atoms with Crippen LogP contribution < -0.4 is 16.2 Å². The molecule has 122 valence electrons. The summed E-state index contributed by atoms with van der Waals surface area (Å²) < 4.78 is 7.17. The fourth-order valence-corrected chi connectivity index (χ4v) is 3.06. The molecule has 0 bridgehead atoms. The smallest absolute Gasteiger partial charge is 0.153 e. The van der Waals surface area contributed by atoms with Crippen LogP contribution in [0.5, 0.6) is 5.75 Å². The molecular weight excluding hydrogens is 304 g/mol. The maximum Gasteiger partial charge on any atom is 0.153 e. The summed E-state index contributed by atoms with van der Waals surface area (Å²) in [6.45, 7) is 5.66. The second-order valence-corrected chi connectivity index (χ2v) is 5.62. The van der Waals surface area contributed by atoms with Gasteiger partial charge in [-0.15, -0.1) is 0 Å². The Balaban J connectivity index is 2.54. The average molecular weight is 322 g/mol. The van der Waals surface area contributed by atoms with Crippen LogP contribution in [0.25, 0.3) is 16.7 Å². The fourth-order valence-electron chi connectivity index (χ4n) is 3.06. The lowest BCUT2D eigenvalue weighted by atomic mass is 10.1. The molecule has 2 heterocycles. The number of aryl methyl sites for hydroxylation is 2. The minimum Gasteiger partial charge on any atom is -0.496 e. The lowest BCUT2D eigenvalue weighted by Crippen LogP contribution is -2.07. The fraction of sp³-hybridized carbons (Fsp3) is 0.235. The van der Waals surface area contributed by atoms with Crippen LogP contribution in [0.2, 0.25) is 0 Å². The van der Waals surface area contributed by atoms with Crippen LogP contribution >= 0.6 is 0 Å². The van der Waals surface area contributed by atoms with E-state index < -0.39 is 0 Å². The van der Waals surface area contributed by atoms with E-state index in [4.69, 9.17) is 16.2 Å². The van der Waals surface area contributed by atoms with E-state index in [0.717, 1.165) is 22.6 Å². The summed E-state index contributed by atoms with van der Waals surface area (Å²) in [6, 6.07) is 5.96. The zero-order valence-corrected chi connectivity index (χ0v) is 14.0. The van der Waals surface area contributed by atoms with Gasteiger partial charge in [-0.1, -0.05) is 6.07 Å². The van der Waals surface area contributed by atoms with Crippen LogP contribution in [0.3, 0.4) is 0 Å². The number of nitrogens with zero attached hydrogens (tertiary/aromatic N) is 4. The van der Waals surface area contributed by atoms with E-state index in [2.05, 4.69) is 16.0 Å². The van der Waals surface area contributed by atoms with Crippen molar-refractivity contribution < 1.29 is 4.74 Å². The predicted molar refractivity (Wildman–Crippen MR) is 93.2 cm³/mol. The van der Waals surface area contributed by atoms with Crippen molar-refractivity contribution in [1.29, 1.82) is 5.26 Å². The quantitative estimate of drug-likeness (QED) is 0.748. The van der Waals surface area contributed by atoms with Gasteiger partial charge in [0.25, 0.3) is 0 Å². The van der Waals surface area contributed by atoms with Crippen LogP contribution in [-0.2, 0) is 0 Å². The van der Waals surface area contributed by atoms with Crippen LogP contribution in [-0.4, -0.2) is 21.6 Å². The van der Waals surface area contributed by atoms with Crippen LogP contribution in [0.1, 0.15) is 22.5 Å². The topological polar surface area (TPSA) is 116 Å². The number of hydrogen-bond acceptors (Lipinski definition) is 6. The molecule has 0 saturated heterocycles. The van der Waals surface area contributed by atoms with E-state index >= 15 is 0 Å². The maximum atomic E-state index is 9.53. The van der Waals surface area contributed by atoms with Crippen molar-refractivity contribution in [1.82, 2.24) is 14.5 Å². The normalized spacial score (nSPS) is 10.8. The number of nitriles is 1. The molecule has 0 spiro atoms. The van der Waals surface area contributed by atoms with Crippen LogP contribution in [0.4, 0.5) is 11.6 Å². The van der Waals surface area contributed by atoms with Crippen molar-refractivity contribution in [3.63, 3.8) is 0 Å². The first-order chi connectivity index (χ1) is 11.4. The number of benzene rings is 1. The molecule has 2 aromatic heterocycles. The summed E-state index contributed by atoms with van der Waals surface area (Å²) >= 11 is 0. The third-order valence-electron chi connectivity index (χ3n) is 4.13. The lowest BCUT2D eigenvalue weighted by molar-refractivity contribution is 0.411. The summed E-state index contributed by atoms with van der Waals surface area (Å²) in [5.74, 6) is 1.78. The minimum absolute atomic E-state index is 0.248. The summed E-state index contributed by atoms with van der Waals surface area (Å²) in [4.78, 5) is 8.64. The third kappa shape index (κ3) is 2.04. The van der Waals surface area contributed by atoms with E-state index in [1.807, 2.05) is 26.0 Å². The largest absolute Gasteiger partial charge is 0.496 e. The molecule has 3 aromatic rings. The Hall–Kier alpha value is -3.27. The first kappa shape index (κ1) is 15.6. The molecule has 1 aromatic carbocycles. The molecule has 7 heteroatoms. The molecule has 7 nitrogen and oxygen atoms in total. The van der Waals surface area contributed by atoms with Crippen molar-refractivity contribution >= 4 is 22.7 Å². The van der Waals surface area contributed by atoms with Crippen molar-refractivity contribution in [2.75, 3.05) is 18.6 Å². The molecule has 0 radical (unpaired) electrons. The van der Waals surface area contributed by atoms with Crippen LogP contribution in [0.15, 0.2) is 12.1 Å². The number of aromatic nitrogens is 3. The predicted octanol–water partition coefficient (Wildman–Crippen LogP) is 2.39. The number of nitrogens with two attached hydrogens (primary N) is 2. The van der Waals surface area contributed by atoms with Gasteiger partial charge in [-0.3, -0.25) is 4.57 Å². The molecule has 24 heavy (non-hydrogen) atoms. The Morgan fingerprint density at radius 1 is 1.17 bits per heavy atom. The van der Waals surface area contributed by atoms with E-state index in [-0.39, 0.29) is 11.4 Å². The standard InChI is InChI=1S/C17H18N6O/c1-8-5-6-12(24-4)9(2)14(8)23-16(20)11(7-18)13-15(19)21-10(3)22-17(13)23/h5-6H,20H2,1-4H3,(H2,19,21,22). The number of fused-ring (bicyclic) bond motifs is 1. The van der Waals surface area contributed by atoms with Gasteiger partial charge in [0.15, 0.2) is 5.65 Å². The number of rotatable bonds is 2. The molecule has 0 atom stereocenters. The van der Waals surface area contributed by atoms with Crippen molar-refractivity contribution in [3.8, 4) is 17.5 Å². The van der Waals surface area contributed by atoms with Gasteiger partial charge in [0.2, 0.25) is 0 Å². The zero-order valence-electron chi connectivity index (χ0n) is 14.0.